The Morgan fingerprint density at radius 3 is 1.46 bits per heavy atom. The van der Waals surface area contributed by atoms with Crippen molar-refractivity contribution in [3.8, 4) is 5.06 Å². The van der Waals surface area contributed by atoms with Crippen molar-refractivity contribution < 1.29 is 42.6 Å². The van der Waals surface area contributed by atoms with Crippen molar-refractivity contribution in [2.75, 3.05) is 73.2 Å². The molecule has 3 aromatic heterocycles. The summed E-state index contributed by atoms with van der Waals surface area (Å²) in [6, 6.07) is 6.24. The van der Waals surface area contributed by atoms with Crippen LogP contribution in [0.25, 0.3) is 0 Å². The predicted molar refractivity (Wildman–Crippen MR) is 210 cm³/mol. The van der Waals surface area contributed by atoms with Gasteiger partial charge >= 0.3 is 0 Å². The van der Waals surface area contributed by atoms with Gasteiger partial charge in [0, 0.05) is 47.6 Å². The summed E-state index contributed by atoms with van der Waals surface area (Å²) in [7, 11) is -0.889. The van der Waals surface area contributed by atoms with Crippen LogP contribution in [-0.4, -0.2) is 89.3 Å². The Hall–Kier alpha value is -0.986. The molecule has 0 aliphatic carbocycles. The first-order valence-corrected chi connectivity index (χ1v) is 27.3. The molecule has 0 N–H and O–H groups in total. The van der Waals surface area contributed by atoms with Crippen molar-refractivity contribution in [2.45, 2.75) is 83.8 Å². The molecule has 0 radical (unpaired) electrons. The first kappa shape index (κ1) is 41.8. The van der Waals surface area contributed by atoms with Crippen LogP contribution in [0.3, 0.4) is 0 Å². The molecule has 8 rings (SSSR count). The molecule has 3 aromatic rings. The van der Waals surface area contributed by atoms with Crippen LogP contribution in [0.15, 0.2) is 34.3 Å². The van der Waals surface area contributed by atoms with E-state index in [1.807, 2.05) is 22.8 Å². The highest BCUT2D eigenvalue weighted by Gasteiger charge is 2.31. The van der Waals surface area contributed by atoms with Gasteiger partial charge in [-0.25, -0.2) is 0 Å². The Morgan fingerprint density at radius 1 is 0.580 bits per heavy atom. The molecule has 50 heavy (non-hydrogen) atoms. The van der Waals surface area contributed by atoms with Gasteiger partial charge in [-0.3, -0.25) is 0 Å². The van der Waals surface area contributed by atoms with E-state index in [4.69, 9.17) is 42.6 Å². The third kappa shape index (κ3) is 13.8. The van der Waals surface area contributed by atoms with Crippen LogP contribution in [0.2, 0.25) is 39.3 Å². The number of hydrogen-bond donors (Lipinski definition) is 0. The molecule has 5 aliphatic heterocycles. The highest BCUT2D eigenvalue weighted by molar-refractivity contribution is 7.28. The van der Waals surface area contributed by atoms with Crippen LogP contribution in [0.4, 0.5) is 0 Å². The van der Waals surface area contributed by atoms with Crippen molar-refractivity contribution in [1.29, 1.82) is 0 Å². The minimum atomic E-state index is -1.36. The molecular weight excluding hydrogens is 729 g/mol. The van der Waals surface area contributed by atoms with E-state index in [0.29, 0.717) is 13.2 Å². The van der Waals surface area contributed by atoms with Gasteiger partial charge < -0.3 is 42.6 Å². The number of methoxy groups -OCH3 is 1. The Balaban J connectivity index is 0.000000150. The van der Waals surface area contributed by atoms with Crippen LogP contribution < -0.4 is 13.7 Å². The lowest BCUT2D eigenvalue weighted by Crippen LogP contribution is -2.38. The van der Waals surface area contributed by atoms with Gasteiger partial charge in [0.1, 0.15) is 0 Å². The summed E-state index contributed by atoms with van der Waals surface area (Å²) in [5.74, 6) is 0. The smallest absolute Gasteiger partial charge is 0.184 e. The highest BCUT2D eigenvalue weighted by Crippen LogP contribution is 2.32. The fourth-order valence-corrected chi connectivity index (χ4v) is 12.7. The van der Waals surface area contributed by atoms with Gasteiger partial charge in [-0.05, 0) is 64.5 Å². The summed E-state index contributed by atoms with van der Waals surface area (Å²) >= 11 is 5.24. The van der Waals surface area contributed by atoms with Crippen LogP contribution >= 0.6 is 34.0 Å². The van der Waals surface area contributed by atoms with Gasteiger partial charge in [0.05, 0.1) is 62.9 Å². The molecule has 0 atom stereocenters. The molecule has 0 spiro atoms. The second kappa shape index (κ2) is 21.6. The average Bonchev–Trinajstić information content (AvgIpc) is 3.97. The molecule has 5 aliphatic rings. The fraction of sp³-hybridized carbons (Fsp3) is 0.667. The number of rotatable bonds is 6. The van der Waals surface area contributed by atoms with E-state index in [1.165, 1.54) is 45.8 Å². The van der Waals surface area contributed by atoms with Crippen molar-refractivity contribution in [3.63, 3.8) is 0 Å². The van der Waals surface area contributed by atoms with Gasteiger partial charge in [-0.15, -0.1) is 11.3 Å². The number of ether oxygens (including phenoxy) is 9. The van der Waals surface area contributed by atoms with Crippen molar-refractivity contribution in [1.82, 2.24) is 0 Å². The van der Waals surface area contributed by atoms with E-state index in [1.54, 1.807) is 29.8 Å². The first-order valence-electron chi connectivity index (χ1n) is 17.7. The molecule has 8 heterocycles. The number of hydrogen-bond acceptors (Lipinski definition) is 12. The van der Waals surface area contributed by atoms with Gasteiger partial charge in [-0.2, -0.15) is 22.7 Å². The van der Waals surface area contributed by atoms with E-state index in [9.17, 15) is 0 Å². The minimum absolute atomic E-state index is 0.0914. The summed E-state index contributed by atoms with van der Waals surface area (Å²) in [5, 5.41) is 7.18. The fourth-order valence-electron chi connectivity index (χ4n) is 5.41. The van der Waals surface area contributed by atoms with Gasteiger partial charge in [0.2, 0.25) is 0 Å². The minimum Gasteiger partial charge on any atom is -0.487 e. The molecule has 0 amide bonds. The molecule has 0 bridgehead atoms. The maximum atomic E-state index is 5.58. The van der Waals surface area contributed by atoms with Crippen molar-refractivity contribution in [2.24, 2.45) is 0 Å². The highest BCUT2D eigenvalue weighted by atomic mass is 32.1. The van der Waals surface area contributed by atoms with Crippen molar-refractivity contribution >= 4 is 59.2 Å². The largest absolute Gasteiger partial charge is 0.487 e. The van der Waals surface area contributed by atoms with Crippen LogP contribution in [0, 0.1) is 0 Å². The zero-order chi connectivity index (χ0) is 35.8. The molecular formula is C36H58O9S3Si2. The molecule has 5 saturated heterocycles. The summed E-state index contributed by atoms with van der Waals surface area (Å²) in [5.41, 5.74) is 3.59. The Morgan fingerprint density at radius 2 is 1.06 bits per heavy atom. The summed E-state index contributed by atoms with van der Waals surface area (Å²) in [4.78, 5) is 0. The topological polar surface area (TPSA) is 83.1 Å². The Kier molecular flexibility index (Phi) is 18.1. The van der Waals surface area contributed by atoms with E-state index in [0.717, 1.165) is 63.5 Å². The van der Waals surface area contributed by atoms with E-state index in [-0.39, 0.29) is 18.9 Å². The normalized spacial score (nSPS) is 19.9. The monoisotopic (exact) mass is 786 g/mol. The van der Waals surface area contributed by atoms with Gasteiger partial charge in [0.15, 0.2) is 23.9 Å². The maximum absolute atomic E-state index is 5.58. The molecule has 0 unspecified atom stereocenters. The summed E-state index contributed by atoms with van der Waals surface area (Å²) in [6.45, 7) is 22.3. The second-order valence-electron chi connectivity index (χ2n) is 14.2. The quantitative estimate of drug-likeness (QED) is 0.231. The van der Waals surface area contributed by atoms with E-state index < -0.39 is 16.1 Å². The van der Waals surface area contributed by atoms with E-state index >= 15 is 0 Å². The van der Waals surface area contributed by atoms with Crippen molar-refractivity contribution in [3.05, 3.63) is 51.0 Å². The summed E-state index contributed by atoms with van der Waals surface area (Å²) < 4.78 is 50.9. The molecule has 282 valence electrons. The van der Waals surface area contributed by atoms with Gasteiger partial charge in [0.25, 0.3) is 0 Å². The lowest BCUT2D eigenvalue weighted by Gasteiger charge is -2.19. The lowest BCUT2D eigenvalue weighted by atomic mass is 10.3. The molecule has 5 fully saturated rings. The van der Waals surface area contributed by atoms with Gasteiger partial charge in [-0.1, -0.05) is 39.3 Å². The number of thiophene rings is 3. The lowest BCUT2D eigenvalue weighted by molar-refractivity contribution is -0.0438. The third-order valence-electron chi connectivity index (χ3n) is 7.84. The average molecular weight is 787 g/mol. The molecule has 0 saturated carbocycles. The summed E-state index contributed by atoms with van der Waals surface area (Å²) in [6.07, 6.45) is 4.75. The SMILES string of the molecule is C1CCOC1.C1CCOC1.COc1cc(C2OCCO2)c([Si](C)(C)C)s1.C[Si](C)(C)c1sccc1C1OCCO1.c1cc(C2OCCO2)cs1. The zero-order valence-corrected chi connectivity index (χ0v) is 35.4. The predicted octanol–water partition coefficient (Wildman–Crippen LogP) is 8.07. The van der Waals surface area contributed by atoms with Crippen LogP contribution in [0.1, 0.15) is 61.2 Å². The van der Waals surface area contributed by atoms with Crippen LogP contribution in [-0.2, 0) is 37.9 Å². The van der Waals surface area contributed by atoms with Crippen LogP contribution in [0.5, 0.6) is 5.06 Å². The maximum Gasteiger partial charge on any atom is 0.184 e. The molecule has 0 aromatic carbocycles. The molecule has 9 nitrogen and oxygen atoms in total. The molecule has 14 heteroatoms. The van der Waals surface area contributed by atoms with E-state index in [2.05, 4.69) is 62.2 Å². The Bertz CT molecular complexity index is 1290. The third-order valence-corrected chi connectivity index (χ3v) is 17.8. The Labute approximate surface area is 313 Å². The second-order valence-corrected chi connectivity index (χ2v) is 27.6. The standard InChI is InChI=1S/C11H18O3SSi.C10H16O2SSi.C7H8O2S.2C4H8O/c1-12-9-7-8(10-13-5-6-14-10)11(15-9)16(2,3)4;1-14(2,3)10-8(4-7-13-10)9-11-5-6-12-9;1-4-10-5-6(1)7-8-2-3-9-7;2*1-2-4-5-3-1/h7,10H,5-6H2,1-4H3;4,7,9H,5-6H2,1-3H3;1,4-5,7H,2-3H2;2*1-4H2. The zero-order valence-electron chi connectivity index (χ0n) is 31.0. The first-order chi connectivity index (χ1) is 24.1.